The Morgan fingerprint density at radius 2 is 2.15 bits per heavy atom. The van der Waals surface area contributed by atoms with Gasteiger partial charge in [-0.1, -0.05) is 0 Å². The molecule has 0 unspecified atom stereocenters. The van der Waals surface area contributed by atoms with E-state index < -0.39 is 5.82 Å². The van der Waals surface area contributed by atoms with Gasteiger partial charge in [-0.15, -0.1) is 0 Å². The van der Waals surface area contributed by atoms with Crippen molar-refractivity contribution < 1.29 is 14.3 Å². The Morgan fingerprint density at radius 1 is 1.45 bits per heavy atom. The van der Waals surface area contributed by atoms with E-state index in [2.05, 4.69) is 5.32 Å². The SMILES string of the molecule is Nc1cc(NC(=O)CN2CCC(CO)CC2)ccc1F. The number of rotatable bonds is 4. The summed E-state index contributed by atoms with van der Waals surface area (Å²) in [7, 11) is 0. The second-order valence-corrected chi connectivity index (χ2v) is 5.19. The molecule has 0 bridgehead atoms. The predicted molar refractivity (Wildman–Crippen MR) is 75.7 cm³/mol. The average molecular weight is 281 g/mol. The van der Waals surface area contributed by atoms with Gasteiger partial charge >= 0.3 is 0 Å². The molecule has 0 aromatic heterocycles. The van der Waals surface area contributed by atoms with Crippen LogP contribution in [0.15, 0.2) is 18.2 Å². The molecule has 1 aliphatic heterocycles. The fourth-order valence-electron chi connectivity index (χ4n) is 2.35. The van der Waals surface area contributed by atoms with E-state index in [0.29, 0.717) is 18.2 Å². The molecule has 0 aliphatic carbocycles. The lowest BCUT2D eigenvalue weighted by Crippen LogP contribution is -2.39. The number of anilines is 2. The van der Waals surface area contributed by atoms with Gasteiger partial charge in [0.15, 0.2) is 0 Å². The number of amides is 1. The third kappa shape index (κ3) is 3.91. The van der Waals surface area contributed by atoms with Gasteiger partial charge < -0.3 is 16.2 Å². The lowest BCUT2D eigenvalue weighted by atomic mass is 9.98. The van der Waals surface area contributed by atoms with Crippen LogP contribution in [-0.4, -0.2) is 42.2 Å². The summed E-state index contributed by atoms with van der Waals surface area (Å²) < 4.78 is 13.0. The maximum absolute atomic E-state index is 13.0. The van der Waals surface area contributed by atoms with Gasteiger partial charge in [0.1, 0.15) is 5.82 Å². The number of nitrogens with zero attached hydrogens (tertiary/aromatic N) is 1. The second-order valence-electron chi connectivity index (χ2n) is 5.19. The highest BCUT2D eigenvalue weighted by molar-refractivity contribution is 5.92. The number of hydrogen-bond acceptors (Lipinski definition) is 4. The third-order valence-corrected chi connectivity index (χ3v) is 3.61. The zero-order valence-electron chi connectivity index (χ0n) is 11.3. The Hall–Kier alpha value is -1.66. The normalized spacial score (nSPS) is 17.1. The molecule has 1 aromatic rings. The molecule has 1 amide bonds. The summed E-state index contributed by atoms with van der Waals surface area (Å²) in [5.74, 6) is -0.279. The molecule has 1 aliphatic rings. The molecule has 0 atom stereocenters. The number of halogens is 1. The molecular formula is C14H20FN3O2. The maximum atomic E-state index is 13.0. The van der Waals surface area contributed by atoms with Crippen molar-refractivity contribution in [3.05, 3.63) is 24.0 Å². The predicted octanol–water partition coefficient (Wildman–Crippen LogP) is 1.05. The number of carbonyl (C=O) groups excluding carboxylic acids is 1. The second kappa shape index (κ2) is 6.67. The minimum atomic E-state index is -0.492. The Morgan fingerprint density at radius 3 is 2.75 bits per heavy atom. The summed E-state index contributed by atoms with van der Waals surface area (Å²) in [5.41, 5.74) is 5.97. The van der Waals surface area contributed by atoms with E-state index in [-0.39, 0.29) is 18.2 Å². The van der Waals surface area contributed by atoms with Crippen molar-refractivity contribution in [2.75, 3.05) is 37.3 Å². The molecule has 1 heterocycles. The molecule has 1 aromatic carbocycles. The number of nitrogen functional groups attached to an aromatic ring is 1. The van der Waals surface area contributed by atoms with Crippen molar-refractivity contribution in [2.45, 2.75) is 12.8 Å². The molecule has 1 saturated heterocycles. The molecule has 110 valence electrons. The zero-order valence-corrected chi connectivity index (χ0v) is 11.3. The van der Waals surface area contributed by atoms with Crippen LogP contribution in [0.25, 0.3) is 0 Å². The van der Waals surface area contributed by atoms with Crippen molar-refractivity contribution in [3.63, 3.8) is 0 Å². The Kier molecular flexibility index (Phi) is 4.92. The van der Waals surface area contributed by atoms with E-state index in [1.165, 1.54) is 18.2 Å². The van der Waals surface area contributed by atoms with Crippen molar-refractivity contribution in [1.29, 1.82) is 0 Å². The van der Waals surface area contributed by atoms with Crippen LogP contribution in [0.5, 0.6) is 0 Å². The molecule has 5 nitrogen and oxygen atoms in total. The fraction of sp³-hybridized carbons (Fsp3) is 0.500. The highest BCUT2D eigenvalue weighted by atomic mass is 19.1. The number of hydrogen-bond donors (Lipinski definition) is 3. The first-order chi connectivity index (χ1) is 9.58. The Bertz CT molecular complexity index is 473. The van der Waals surface area contributed by atoms with Gasteiger partial charge in [-0.3, -0.25) is 9.69 Å². The number of nitrogens with one attached hydrogen (secondary N) is 1. The molecule has 20 heavy (non-hydrogen) atoms. The molecule has 4 N–H and O–H groups in total. The molecule has 0 saturated carbocycles. The number of aliphatic hydroxyl groups excluding tert-OH is 1. The summed E-state index contributed by atoms with van der Waals surface area (Å²) in [5, 5.41) is 11.8. The summed E-state index contributed by atoms with van der Waals surface area (Å²) in [6.07, 6.45) is 1.82. The van der Waals surface area contributed by atoms with Crippen LogP contribution in [0.1, 0.15) is 12.8 Å². The van der Waals surface area contributed by atoms with Crippen molar-refractivity contribution in [3.8, 4) is 0 Å². The van der Waals surface area contributed by atoms with Crippen molar-refractivity contribution in [2.24, 2.45) is 5.92 Å². The molecule has 6 heteroatoms. The number of piperidine rings is 1. The highest BCUT2D eigenvalue weighted by Gasteiger charge is 2.20. The van der Waals surface area contributed by atoms with Gasteiger partial charge in [0.05, 0.1) is 12.2 Å². The first-order valence-corrected chi connectivity index (χ1v) is 6.76. The van der Waals surface area contributed by atoms with Gasteiger partial charge in [-0.25, -0.2) is 4.39 Å². The average Bonchev–Trinajstić information content (AvgIpc) is 2.44. The minimum Gasteiger partial charge on any atom is -0.396 e. The highest BCUT2D eigenvalue weighted by Crippen LogP contribution is 2.18. The standard InChI is InChI=1S/C14H20FN3O2/c15-12-2-1-11(7-13(12)16)17-14(20)8-18-5-3-10(9-19)4-6-18/h1-2,7,10,19H,3-6,8-9,16H2,(H,17,20). The summed E-state index contributed by atoms with van der Waals surface area (Å²) in [6, 6.07) is 4.13. The van der Waals surface area contributed by atoms with E-state index in [1.807, 2.05) is 4.90 Å². The minimum absolute atomic E-state index is 0.0200. The third-order valence-electron chi connectivity index (χ3n) is 3.61. The molecule has 2 rings (SSSR count). The quantitative estimate of drug-likeness (QED) is 0.721. The topological polar surface area (TPSA) is 78.6 Å². The first kappa shape index (κ1) is 14.7. The molecular weight excluding hydrogens is 261 g/mol. The summed E-state index contributed by atoms with van der Waals surface area (Å²) >= 11 is 0. The number of benzene rings is 1. The van der Waals surface area contributed by atoms with E-state index in [0.717, 1.165) is 25.9 Å². The van der Waals surface area contributed by atoms with Crippen molar-refractivity contribution >= 4 is 17.3 Å². The van der Waals surface area contributed by atoms with E-state index in [9.17, 15) is 9.18 Å². The number of likely N-dealkylation sites (tertiary alicyclic amines) is 1. The lowest BCUT2D eigenvalue weighted by Gasteiger charge is -2.30. The fourth-order valence-corrected chi connectivity index (χ4v) is 2.35. The monoisotopic (exact) mass is 281 g/mol. The van der Waals surface area contributed by atoms with E-state index >= 15 is 0 Å². The van der Waals surface area contributed by atoms with Crippen LogP contribution in [0.3, 0.4) is 0 Å². The van der Waals surface area contributed by atoms with Crippen molar-refractivity contribution in [1.82, 2.24) is 4.90 Å². The van der Waals surface area contributed by atoms with Gasteiger partial charge in [0.25, 0.3) is 0 Å². The number of nitrogens with two attached hydrogens (primary N) is 1. The van der Waals surface area contributed by atoms with Crippen LogP contribution >= 0.6 is 0 Å². The number of aliphatic hydroxyl groups is 1. The largest absolute Gasteiger partial charge is 0.396 e. The van der Waals surface area contributed by atoms with Crippen LogP contribution in [0.2, 0.25) is 0 Å². The maximum Gasteiger partial charge on any atom is 0.238 e. The van der Waals surface area contributed by atoms with Gasteiger partial charge in [0.2, 0.25) is 5.91 Å². The van der Waals surface area contributed by atoms with Gasteiger partial charge in [-0.05, 0) is 50.0 Å². The Balaban J connectivity index is 1.82. The Labute approximate surface area is 117 Å². The zero-order chi connectivity index (χ0) is 14.5. The van der Waals surface area contributed by atoms with Gasteiger partial charge in [-0.2, -0.15) is 0 Å². The van der Waals surface area contributed by atoms with Crippen LogP contribution in [0.4, 0.5) is 15.8 Å². The molecule has 0 radical (unpaired) electrons. The lowest BCUT2D eigenvalue weighted by molar-refractivity contribution is -0.117. The molecule has 1 fully saturated rings. The van der Waals surface area contributed by atoms with E-state index in [4.69, 9.17) is 10.8 Å². The smallest absolute Gasteiger partial charge is 0.238 e. The molecule has 0 spiro atoms. The first-order valence-electron chi connectivity index (χ1n) is 6.76. The number of carbonyl (C=O) groups is 1. The van der Waals surface area contributed by atoms with Crippen LogP contribution in [0, 0.1) is 11.7 Å². The van der Waals surface area contributed by atoms with Gasteiger partial charge in [0, 0.05) is 12.3 Å². The van der Waals surface area contributed by atoms with E-state index in [1.54, 1.807) is 0 Å². The summed E-state index contributed by atoms with van der Waals surface area (Å²) in [4.78, 5) is 13.9. The summed E-state index contributed by atoms with van der Waals surface area (Å²) in [6.45, 7) is 2.14. The van der Waals surface area contributed by atoms with Crippen LogP contribution < -0.4 is 11.1 Å². The van der Waals surface area contributed by atoms with Crippen LogP contribution in [-0.2, 0) is 4.79 Å².